The van der Waals surface area contributed by atoms with E-state index >= 15 is 0 Å². The van der Waals surface area contributed by atoms with E-state index in [0.717, 1.165) is 32.7 Å². The first kappa shape index (κ1) is 10.9. The maximum absolute atomic E-state index is 9.39. The van der Waals surface area contributed by atoms with E-state index in [-0.39, 0.29) is 6.10 Å². The molecule has 0 amide bonds. The highest BCUT2D eigenvalue weighted by Gasteiger charge is 2.14. The van der Waals surface area contributed by atoms with Gasteiger partial charge in [0, 0.05) is 26.2 Å². The van der Waals surface area contributed by atoms with E-state index in [9.17, 15) is 5.11 Å². The summed E-state index contributed by atoms with van der Waals surface area (Å²) in [6, 6.07) is 0. The molecule has 0 aromatic heterocycles. The lowest BCUT2D eigenvalue weighted by Crippen LogP contribution is -2.38. The molecule has 0 radical (unpaired) electrons. The van der Waals surface area contributed by atoms with Gasteiger partial charge in [0.2, 0.25) is 0 Å². The molecule has 3 N–H and O–H groups in total. The number of likely N-dealkylation sites (N-methyl/N-ethyl adjacent to an activating group) is 1. The molecule has 78 valence electrons. The molecule has 0 aliphatic carbocycles. The third-order valence-electron chi connectivity index (χ3n) is 2.55. The smallest absolute Gasteiger partial charge is 0.0789 e. The normalized spacial score (nSPS) is 24.2. The van der Waals surface area contributed by atoms with Crippen LogP contribution < -0.4 is 5.73 Å². The summed E-state index contributed by atoms with van der Waals surface area (Å²) in [6.45, 7) is 5.48. The first-order chi connectivity index (χ1) is 6.22. The minimum atomic E-state index is -0.358. The van der Waals surface area contributed by atoms with Crippen LogP contribution in [-0.2, 0) is 0 Å². The standard InChI is InChI=1S/C9H21N3O/c1-11-3-2-4-12(6-5-11)8-9(13)7-10/h9,13H,2-8,10H2,1H3/t9-/m1/s1. The van der Waals surface area contributed by atoms with Crippen molar-refractivity contribution in [2.45, 2.75) is 12.5 Å². The van der Waals surface area contributed by atoms with Crippen molar-refractivity contribution in [1.82, 2.24) is 9.80 Å². The predicted molar refractivity (Wildman–Crippen MR) is 53.6 cm³/mol. The molecule has 4 heteroatoms. The van der Waals surface area contributed by atoms with Crippen molar-refractivity contribution in [3.05, 3.63) is 0 Å². The summed E-state index contributed by atoms with van der Waals surface area (Å²) in [5, 5.41) is 9.39. The van der Waals surface area contributed by atoms with Gasteiger partial charge < -0.3 is 15.7 Å². The van der Waals surface area contributed by atoms with Crippen LogP contribution in [-0.4, -0.2) is 67.3 Å². The highest BCUT2D eigenvalue weighted by molar-refractivity contribution is 4.70. The average molecular weight is 187 g/mol. The van der Waals surface area contributed by atoms with Gasteiger partial charge in [0.1, 0.15) is 0 Å². The summed E-state index contributed by atoms with van der Waals surface area (Å²) in [5.41, 5.74) is 5.37. The fraction of sp³-hybridized carbons (Fsp3) is 1.00. The van der Waals surface area contributed by atoms with Gasteiger partial charge >= 0.3 is 0 Å². The summed E-state index contributed by atoms with van der Waals surface area (Å²) < 4.78 is 0. The first-order valence-corrected chi connectivity index (χ1v) is 5.01. The van der Waals surface area contributed by atoms with Crippen molar-refractivity contribution in [1.29, 1.82) is 0 Å². The second kappa shape index (κ2) is 5.54. The largest absolute Gasteiger partial charge is 0.390 e. The van der Waals surface area contributed by atoms with Crippen LogP contribution in [0.15, 0.2) is 0 Å². The van der Waals surface area contributed by atoms with E-state index in [1.807, 2.05) is 0 Å². The molecule has 1 atom stereocenters. The highest BCUT2D eigenvalue weighted by Crippen LogP contribution is 2.01. The third kappa shape index (κ3) is 4.04. The molecule has 0 unspecified atom stereocenters. The van der Waals surface area contributed by atoms with Crippen LogP contribution in [0.4, 0.5) is 0 Å². The van der Waals surface area contributed by atoms with E-state index in [2.05, 4.69) is 16.8 Å². The van der Waals surface area contributed by atoms with E-state index < -0.39 is 0 Å². The van der Waals surface area contributed by atoms with Crippen molar-refractivity contribution in [2.24, 2.45) is 5.73 Å². The van der Waals surface area contributed by atoms with E-state index in [1.54, 1.807) is 0 Å². The van der Waals surface area contributed by atoms with Crippen LogP contribution in [0.1, 0.15) is 6.42 Å². The summed E-state index contributed by atoms with van der Waals surface area (Å²) in [5.74, 6) is 0. The summed E-state index contributed by atoms with van der Waals surface area (Å²) >= 11 is 0. The van der Waals surface area contributed by atoms with Gasteiger partial charge in [-0.15, -0.1) is 0 Å². The molecule has 0 aromatic carbocycles. The Bertz CT molecular complexity index is 143. The molecular formula is C9H21N3O. The molecule has 1 aliphatic rings. The molecule has 0 spiro atoms. The molecule has 1 saturated heterocycles. The van der Waals surface area contributed by atoms with Gasteiger partial charge in [-0.25, -0.2) is 0 Å². The average Bonchev–Trinajstić information content (AvgIpc) is 2.31. The van der Waals surface area contributed by atoms with Crippen molar-refractivity contribution < 1.29 is 5.11 Å². The lowest BCUT2D eigenvalue weighted by atomic mass is 10.3. The molecule has 0 aromatic rings. The lowest BCUT2D eigenvalue weighted by Gasteiger charge is -2.22. The Labute approximate surface area is 80.3 Å². The molecule has 1 heterocycles. The van der Waals surface area contributed by atoms with Crippen molar-refractivity contribution in [3.8, 4) is 0 Å². The summed E-state index contributed by atoms with van der Waals surface area (Å²) in [4.78, 5) is 4.62. The van der Waals surface area contributed by atoms with E-state index in [1.165, 1.54) is 6.42 Å². The quantitative estimate of drug-likeness (QED) is 0.591. The van der Waals surface area contributed by atoms with Crippen molar-refractivity contribution in [3.63, 3.8) is 0 Å². The molecule has 1 rings (SSSR count). The summed E-state index contributed by atoms with van der Waals surface area (Å²) in [6.07, 6.45) is 0.830. The number of hydrogen-bond acceptors (Lipinski definition) is 4. The predicted octanol–water partition coefficient (Wildman–Crippen LogP) is -1.06. The number of rotatable bonds is 3. The van der Waals surface area contributed by atoms with Gasteiger partial charge in [-0.1, -0.05) is 0 Å². The number of aliphatic hydroxyl groups is 1. The Hall–Kier alpha value is -0.160. The Morgan fingerprint density at radius 2 is 2.08 bits per heavy atom. The second-order valence-electron chi connectivity index (χ2n) is 3.85. The Morgan fingerprint density at radius 1 is 1.31 bits per heavy atom. The molecule has 4 nitrogen and oxygen atoms in total. The minimum Gasteiger partial charge on any atom is -0.390 e. The van der Waals surface area contributed by atoms with Crippen LogP contribution >= 0.6 is 0 Å². The highest BCUT2D eigenvalue weighted by atomic mass is 16.3. The van der Waals surface area contributed by atoms with Crippen LogP contribution in [0.2, 0.25) is 0 Å². The van der Waals surface area contributed by atoms with Gasteiger partial charge in [0.15, 0.2) is 0 Å². The fourth-order valence-electron chi connectivity index (χ4n) is 1.66. The molecular weight excluding hydrogens is 166 g/mol. The summed E-state index contributed by atoms with van der Waals surface area (Å²) in [7, 11) is 2.14. The van der Waals surface area contributed by atoms with Crippen LogP contribution in [0.5, 0.6) is 0 Å². The zero-order valence-electron chi connectivity index (χ0n) is 8.45. The van der Waals surface area contributed by atoms with Gasteiger partial charge in [-0.05, 0) is 26.6 Å². The van der Waals surface area contributed by atoms with Gasteiger partial charge in [-0.2, -0.15) is 0 Å². The van der Waals surface area contributed by atoms with E-state index in [4.69, 9.17) is 5.73 Å². The topological polar surface area (TPSA) is 52.7 Å². The zero-order valence-corrected chi connectivity index (χ0v) is 8.45. The fourth-order valence-corrected chi connectivity index (χ4v) is 1.66. The molecule has 13 heavy (non-hydrogen) atoms. The zero-order chi connectivity index (χ0) is 9.68. The molecule has 1 aliphatic heterocycles. The number of β-amino-alcohol motifs (C(OH)–C–C–N with tert-alkyl or cyclic N) is 1. The number of hydrogen-bond donors (Lipinski definition) is 2. The number of nitrogens with two attached hydrogens (primary N) is 1. The minimum absolute atomic E-state index is 0.358. The van der Waals surface area contributed by atoms with Crippen LogP contribution in [0.25, 0.3) is 0 Å². The second-order valence-corrected chi connectivity index (χ2v) is 3.85. The Morgan fingerprint density at radius 3 is 2.77 bits per heavy atom. The molecule has 1 fully saturated rings. The first-order valence-electron chi connectivity index (χ1n) is 5.01. The van der Waals surface area contributed by atoms with Crippen LogP contribution in [0, 0.1) is 0 Å². The lowest BCUT2D eigenvalue weighted by molar-refractivity contribution is 0.121. The Balaban J connectivity index is 2.25. The van der Waals surface area contributed by atoms with Gasteiger partial charge in [-0.3, -0.25) is 4.90 Å². The van der Waals surface area contributed by atoms with Crippen molar-refractivity contribution in [2.75, 3.05) is 46.3 Å². The number of aliphatic hydroxyl groups excluding tert-OH is 1. The van der Waals surface area contributed by atoms with Crippen molar-refractivity contribution >= 4 is 0 Å². The maximum Gasteiger partial charge on any atom is 0.0789 e. The van der Waals surface area contributed by atoms with Gasteiger partial charge in [0.05, 0.1) is 6.10 Å². The van der Waals surface area contributed by atoms with E-state index in [0.29, 0.717) is 6.54 Å². The van der Waals surface area contributed by atoms with Crippen LogP contribution in [0.3, 0.4) is 0 Å². The molecule has 0 bridgehead atoms. The van der Waals surface area contributed by atoms with Gasteiger partial charge in [0.25, 0.3) is 0 Å². The number of nitrogens with zero attached hydrogens (tertiary/aromatic N) is 2. The molecule has 0 saturated carbocycles. The maximum atomic E-state index is 9.39. The third-order valence-corrected chi connectivity index (χ3v) is 2.55. The SMILES string of the molecule is CN1CCCN(C[C@H](O)CN)CC1. The Kier molecular flexibility index (Phi) is 4.66. The monoisotopic (exact) mass is 187 g/mol.